The molecule has 23 heavy (non-hydrogen) atoms. The van der Waals surface area contributed by atoms with E-state index in [2.05, 4.69) is 0 Å². The number of anilines is 1. The average Bonchev–Trinajstić information content (AvgIpc) is 2.88. The Hall–Kier alpha value is -2.89. The molecular formula is C17H16N2O4. The van der Waals surface area contributed by atoms with Gasteiger partial charge in [0.2, 0.25) is 0 Å². The molecule has 1 aliphatic rings. The number of ether oxygens (including phenoxy) is 1. The van der Waals surface area contributed by atoms with Crippen molar-refractivity contribution in [3.05, 3.63) is 69.8 Å². The number of carbonyl (C=O) groups is 1. The first kappa shape index (κ1) is 15.0. The molecular weight excluding hydrogens is 296 g/mol. The summed E-state index contributed by atoms with van der Waals surface area (Å²) in [5.74, 6) is 0. The number of hydrogen-bond acceptors (Lipinski definition) is 4. The molecule has 0 aliphatic carbocycles. The maximum absolute atomic E-state index is 12.4. The molecule has 1 heterocycles. The zero-order valence-electron chi connectivity index (χ0n) is 12.6. The van der Waals surface area contributed by atoms with Crippen LogP contribution in [0.4, 0.5) is 16.2 Å². The second-order valence-corrected chi connectivity index (χ2v) is 5.53. The molecule has 118 valence electrons. The highest BCUT2D eigenvalue weighted by Gasteiger charge is 2.33. The number of fused-ring (bicyclic) bond motifs is 1. The molecule has 0 aromatic heterocycles. The minimum atomic E-state index is -0.436. The zero-order valence-corrected chi connectivity index (χ0v) is 12.6. The van der Waals surface area contributed by atoms with Gasteiger partial charge in [-0.2, -0.15) is 0 Å². The van der Waals surface area contributed by atoms with Crippen molar-refractivity contribution in [3.8, 4) is 0 Å². The lowest BCUT2D eigenvalue weighted by Gasteiger charge is -2.22. The second-order valence-electron chi connectivity index (χ2n) is 5.53. The molecule has 0 fully saturated rings. The molecule has 0 spiro atoms. The molecule has 0 saturated heterocycles. The molecule has 3 rings (SSSR count). The molecule has 6 nitrogen and oxygen atoms in total. The van der Waals surface area contributed by atoms with Gasteiger partial charge in [-0.05, 0) is 30.5 Å². The predicted molar refractivity (Wildman–Crippen MR) is 85.4 cm³/mol. The van der Waals surface area contributed by atoms with Crippen molar-refractivity contribution in [1.29, 1.82) is 0 Å². The fraction of sp³-hybridized carbons (Fsp3) is 0.235. The standard InChI is InChI=1S/C17H16N2O4/c1-12-9-14-10-15(19(21)22)7-8-16(14)18(12)17(20)23-11-13-5-3-2-4-6-13/h2-8,10,12H,9,11H2,1H3/t12-/m1/s1. The summed E-state index contributed by atoms with van der Waals surface area (Å²) in [4.78, 5) is 24.4. The van der Waals surface area contributed by atoms with E-state index in [0.717, 1.165) is 11.1 Å². The van der Waals surface area contributed by atoms with Gasteiger partial charge in [-0.15, -0.1) is 0 Å². The van der Waals surface area contributed by atoms with Crippen LogP contribution >= 0.6 is 0 Å². The number of hydrogen-bond donors (Lipinski definition) is 0. The fourth-order valence-corrected chi connectivity index (χ4v) is 2.80. The molecule has 2 aromatic rings. The molecule has 2 aromatic carbocycles. The highest BCUT2D eigenvalue weighted by Crippen LogP contribution is 2.35. The van der Waals surface area contributed by atoms with E-state index in [0.29, 0.717) is 12.1 Å². The van der Waals surface area contributed by atoms with Gasteiger partial charge < -0.3 is 4.74 Å². The largest absolute Gasteiger partial charge is 0.444 e. The highest BCUT2D eigenvalue weighted by molar-refractivity contribution is 5.91. The number of nitro groups is 1. The van der Waals surface area contributed by atoms with Gasteiger partial charge in [0.25, 0.3) is 5.69 Å². The Morgan fingerprint density at radius 1 is 1.30 bits per heavy atom. The second kappa shape index (κ2) is 6.08. The average molecular weight is 312 g/mol. The lowest BCUT2D eigenvalue weighted by atomic mass is 10.1. The van der Waals surface area contributed by atoms with Gasteiger partial charge in [0.05, 0.1) is 10.6 Å². The molecule has 1 atom stereocenters. The van der Waals surface area contributed by atoms with Crippen molar-refractivity contribution < 1.29 is 14.5 Å². The van der Waals surface area contributed by atoms with Gasteiger partial charge in [0.1, 0.15) is 6.61 Å². The Kier molecular flexibility index (Phi) is 3.97. The van der Waals surface area contributed by atoms with Crippen molar-refractivity contribution in [3.63, 3.8) is 0 Å². The predicted octanol–water partition coefficient (Wildman–Crippen LogP) is 3.68. The SMILES string of the molecule is C[C@@H]1Cc2cc([N+](=O)[O-])ccc2N1C(=O)OCc1ccccc1. The monoisotopic (exact) mass is 312 g/mol. The maximum Gasteiger partial charge on any atom is 0.414 e. The summed E-state index contributed by atoms with van der Waals surface area (Å²) in [5, 5.41) is 10.9. The summed E-state index contributed by atoms with van der Waals surface area (Å²) < 4.78 is 5.37. The van der Waals surface area contributed by atoms with Crippen LogP contribution in [-0.2, 0) is 17.8 Å². The Bertz CT molecular complexity index is 746. The van der Waals surface area contributed by atoms with Crippen LogP contribution in [0.15, 0.2) is 48.5 Å². The summed E-state index contributed by atoms with van der Waals surface area (Å²) in [6.07, 6.45) is 0.145. The van der Waals surface area contributed by atoms with Crippen molar-refractivity contribution in [1.82, 2.24) is 0 Å². The highest BCUT2D eigenvalue weighted by atomic mass is 16.6. The Labute approximate surface area is 133 Å². The van der Waals surface area contributed by atoms with E-state index in [1.807, 2.05) is 37.3 Å². The van der Waals surface area contributed by atoms with Crippen molar-refractivity contribution >= 4 is 17.5 Å². The third-order valence-corrected chi connectivity index (χ3v) is 3.89. The minimum absolute atomic E-state index is 0.0375. The van der Waals surface area contributed by atoms with E-state index >= 15 is 0 Å². The molecule has 1 amide bonds. The maximum atomic E-state index is 12.4. The van der Waals surface area contributed by atoms with Gasteiger partial charge >= 0.3 is 6.09 Å². The summed E-state index contributed by atoms with van der Waals surface area (Å²) in [5.41, 5.74) is 2.43. The summed E-state index contributed by atoms with van der Waals surface area (Å²) in [6.45, 7) is 2.10. The number of nitro benzene ring substituents is 1. The normalized spacial score (nSPS) is 16.0. The van der Waals surface area contributed by atoms with Gasteiger partial charge in [0, 0.05) is 18.2 Å². The van der Waals surface area contributed by atoms with Crippen molar-refractivity contribution in [2.24, 2.45) is 0 Å². The first-order valence-corrected chi connectivity index (χ1v) is 7.33. The molecule has 6 heteroatoms. The lowest BCUT2D eigenvalue weighted by molar-refractivity contribution is -0.384. The van der Waals surface area contributed by atoms with Crippen LogP contribution in [0.2, 0.25) is 0 Å². The number of rotatable bonds is 3. The van der Waals surface area contributed by atoms with E-state index in [1.54, 1.807) is 11.0 Å². The number of carbonyl (C=O) groups excluding carboxylic acids is 1. The summed E-state index contributed by atoms with van der Waals surface area (Å²) in [7, 11) is 0. The van der Waals surface area contributed by atoms with E-state index in [4.69, 9.17) is 4.74 Å². The van der Waals surface area contributed by atoms with E-state index in [1.165, 1.54) is 12.1 Å². The van der Waals surface area contributed by atoms with Crippen LogP contribution in [0.5, 0.6) is 0 Å². The minimum Gasteiger partial charge on any atom is -0.444 e. The molecule has 1 aliphatic heterocycles. The van der Waals surface area contributed by atoms with Gasteiger partial charge in [-0.25, -0.2) is 4.79 Å². The summed E-state index contributed by atoms with van der Waals surface area (Å²) in [6, 6.07) is 13.9. The molecule has 0 N–H and O–H groups in total. The van der Waals surface area contributed by atoms with Crippen LogP contribution < -0.4 is 4.90 Å². The Morgan fingerprint density at radius 3 is 2.74 bits per heavy atom. The van der Waals surface area contributed by atoms with Crippen LogP contribution in [0.3, 0.4) is 0 Å². The lowest BCUT2D eigenvalue weighted by Crippen LogP contribution is -2.36. The zero-order chi connectivity index (χ0) is 16.4. The Morgan fingerprint density at radius 2 is 2.04 bits per heavy atom. The van der Waals surface area contributed by atoms with E-state index in [-0.39, 0.29) is 18.3 Å². The Balaban J connectivity index is 1.76. The number of nitrogens with zero attached hydrogens (tertiary/aromatic N) is 2. The van der Waals surface area contributed by atoms with E-state index in [9.17, 15) is 14.9 Å². The topological polar surface area (TPSA) is 72.7 Å². The molecule has 0 radical (unpaired) electrons. The third-order valence-electron chi connectivity index (χ3n) is 3.89. The smallest absolute Gasteiger partial charge is 0.414 e. The van der Waals surface area contributed by atoms with Crippen LogP contribution in [0, 0.1) is 10.1 Å². The molecule has 0 unspecified atom stereocenters. The number of amides is 1. The number of benzene rings is 2. The van der Waals surface area contributed by atoms with Gasteiger partial charge in [-0.1, -0.05) is 30.3 Å². The van der Waals surface area contributed by atoms with Crippen LogP contribution in [0.1, 0.15) is 18.1 Å². The van der Waals surface area contributed by atoms with Gasteiger partial charge in [0.15, 0.2) is 0 Å². The molecule has 0 bridgehead atoms. The van der Waals surface area contributed by atoms with Crippen LogP contribution in [0.25, 0.3) is 0 Å². The first-order chi connectivity index (χ1) is 11.1. The van der Waals surface area contributed by atoms with Crippen molar-refractivity contribution in [2.45, 2.75) is 26.0 Å². The van der Waals surface area contributed by atoms with Crippen LogP contribution in [-0.4, -0.2) is 17.1 Å². The van der Waals surface area contributed by atoms with Gasteiger partial charge in [-0.3, -0.25) is 15.0 Å². The summed E-state index contributed by atoms with van der Waals surface area (Å²) >= 11 is 0. The fourth-order valence-electron chi connectivity index (χ4n) is 2.80. The first-order valence-electron chi connectivity index (χ1n) is 7.33. The van der Waals surface area contributed by atoms with Crippen molar-refractivity contribution in [2.75, 3.05) is 4.90 Å². The third kappa shape index (κ3) is 3.01. The number of non-ortho nitro benzene ring substituents is 1. The van der Waals surface area contributed by atoms with E-state index < -0.39 is 11.0 Å². The quantitative estimate of drug-likeness (QED) is 0.640. The molecule has 0 saturated carbocycles.